The SMILES string of the molecule is CC(C)(CO)NCc1ccc2c(c1)OCCCO2. The van der Waals surface area contributed by atoms with E-state index in [9.17, 15) is 5.11 Å². The lowest BCUT2D eigenvalue weighted by Crippen LogP contribution is -2.42. The molecule has 1 aliphatic rings. The minimum atomic E-state index is -0.274. The van der Waals surface area contributed by atoms with Gasteiger partial charge in [0.05, 0.1) is 19.8 Å². The molecule has 0 aliphatic carbocycles. The highest BCUT2D eigenvalue weighted by Crippen LogP contribution is 2.30. The van der Waals surface area contributed by atoms with Gasteiger partial charge in [0.2, 0.25) is 0 Å². The van der Waals surface area contributed by atoms with E-state index in [1.165, 1.54) is 0 Å². The molecular formula is C14H21NO3. The van der Waals surface area contributed by atoms with Crippen molar-refractivity contribution in [3.8, 4) is 11.5 Å². The monoisotopic (exact) mass is 251 g/mol. The number of ether oxygens (including phenoxy) is 2. The van der Waals surface area contributed by atoms with Crippen molar-refractivity contribution in [2.45, 2.75) is 32.4 Å². The summed E-state index contributed by atoms with van der Waals surface area (Å²) in [6.45, 7) is 6.15. The molecule has 0 aromatic heterocycles. The predicted molar refractivity (Wildman–Crippen MR) is 70.1 cm³/mol. The van der Waals surface area contributed by atoms with Crippen molar-refractivity contribution in [3.05, 3.63) is 23.8 Å². The fraction of sp³-hybridized carbons (Fsp3) is 0.571. The van der Waals surface area contributed by atoms with Crippen LogP contribution in [0.1, 0.15) is 25.8 Å². The molecule has 18 heavy (non-hydrogen) atoms. The van der Waals surface area contributed by atoms with Crippen LogP contribution in [0, 0.1) is 0 Å². The van der Waals surface area contributed by atoms with Crippen LogP contribution < -0.4 is 14.8 Å². The van der Waals surface area contributed by atoms with Gasteiger partial charge in [-0.1, -0.05) is 6.07 Å². The van der Waals surface area contributed by atoms with Gasteiger partial charge in [0, 0.05) is 18.5 Å². The number of aliphatic hydroxyl groups is 1. The van der Waals surface area contributed by atoms with Gasteiger partial charge < -0.3 is 19.9 Å². The lowest BCUT2D eigenvalue weighted by Gasteiger charge is -2.23. The van der Waals surface area contributed by atoms with Crippen LogP contribution in [0.3, 0.4) is 0 Å². The maximum atomic E-state index is 9.19. The maximum Gasteiger partial charge on any atom is 0.161 e. The van der Waals surface area contributed by atoms with Gasteiger partial charge in [-0.05, 0) is 31.5 Å². The molecule has 0 saturated heterocycles. The van der Waals surface area contributed by atoms with E-state index in [4.69, 9.17) is 9.47 Å². The van der Waals surface area contributed by atoms with Crippen LogP contribution in [0.4, 0.5) is 0 Å². The van der Waals surface area contributed by atoms with E-state index >= 15 is 0 Å². The molecular weight excluding hydrogens is 230 g/mol. The van der Waals surface area contributed by atoms with E-state index in [1.807, 2.05) is 32.0 Å². The van der Waals surface area contributed by atoms with E-state index in [2.05, 4.69) is 5.32 Å². The number of aliphatic hydroxyl groups excluding tert-OH is 1. The molecule has 2 N–H and O–H groups in total. The molecule has 0 saturated carbocycles. The predicted octanol–water partition coefficient (Wildman–Crippen LogP) is 1.71. The lowest BCUT2D eigenvalue weighted by atomic mass is 10.1. The summed E-state index contributed by atoms with van der Waals surface area (Å²) >= 11 is 0. The molecule has 2 rings (SSSR count). The van der Waals surface area contributed by atoms with Crippen molar-refractivity contribution in [3.63, 3.8) is 0 Å². The summed E-state index contributed by atoms with van der Waals surface area (Å²) in [7, 11) is 0. The summed E-state index contributed by atoms with van der Waals surface area (Å²) in [4.78, 5) is 0. The second-order valence-corrected chi connectivity index (χ2v) is 5.23. The molecule has 0 bridgehead atoms. The van der Waals surface area contributed by atoms with Gasteiger partial charge in [-0.25, -0.2) is 0 Å². The second kappa shape index (κ2) is 5.59. The summed E-state index contributed by atoms with van der Waals surface area (Å²) in [5.74, 6) is 1.63. The van der Waals surface area contributed by atoms with Crippen molar-refractivity contribution in [1.82, 2.24) is 5.32 Å². The third-order valence-electron chi connectivity index (χ3n) is 2.98. The zero-order chi connectivity index (χ0) is 13.0. The van der Waals surface area contributed by atoms with Crippen LogP contribution in [0.5, 0.6) is 11.5 Å². The van der Waals surface area contributed by atoms with Crippen LogP contribution in [-0.2, 0) is 6.54 Å². The Morgan fingerprint density at radius 2 is 1.94 bits per heavy atom. The summed E-state index contributed by atoms with van der Waals surface area (Å²) in [5.41, 5.74) is 0.852. The van der Waals surface area contributed by atoms with Crippen molar-refractivity contribution < 1.29 is 14.6 Å². The minimum absolute atomic E-state index is 0.109. The second-order valence-electron chi connectivity index (χ2n) is 5.23. The number of benzene rings is 1. The molecule has 0 atom stereocenters. The average molecular weight is 251 g/mol. The lowest BCUT2D eigenvalue weighted by molar-refractivity contribution is 0.187. The number of nitrogens with one attached hydrogen (secondary N) is 1. The van der Waals surface area contributed by atoms with Crippen LogP contribution in [-0.4, -0.2) is 30.5 Å². The van der Waals surface area contributed by atoms with Crippen molar-refractivity contribution in [2.24, 2.45) is 0 Å². The van der Waals surface area contributed by atoms with Gasteiger partial charge in [0.25, 0.3) is 0 Å². The fourth-order valence-corrected chi connectivity index (χ4v) is 1.71. The Bertz CT molecular complexity index is 404. The Morgan fingerprint density at radius 1 is 1.22 bits per heavy atom. The first-order valence-corrected chi connectivity index (χ1v) is 6.35. The van der Waals surface area contributed by atoms with Gasteiger partial charge in [0.15, 0.2) is 11.5 Å². The smallest absolute Gasteiger partial charge is 0.161 e. The van der Waals surface area contributed by atoms with Gasteiger partial charge in [0.1, 0.15) is 0 Å². The molecule has 0 amide bonds. The molecule has 0 unspecified atom stereocenters. The topological polar surface area (TPSA) is 50.7 Å². The summed E-state index contributed by atoms with van der Waals surface area (Å²) in [5, 5.41) is 12.5. The van der Waals surface area contributed by atoms with Crippen LogP contribution in [0.2, 0.25) is 0 Å². The van der Waals surface area contributed by atoms with Crippen molar-refractivity contribution >= 4 is 0 Å². The Balaban J connectivity index is 2.04. The molecule has 1 aromatic rings. The van der Waals surface area contributed by atoms with Gasteiger partial charge in [-0.2, -0.15) is 0 Å². The number of rotatable bonds is 4. The molecule has 1 aliphatic heterocycles. The standard InChI is InChI=1S/C14H21NO3/c1-14(2,10-16)15-9-11-4-5-12-13(8-11)18-7-3-6-17-12/h4-5,8,15-16H,3,6-7,9-10H2,1-2H3. The fourth-order valence-electron chi connectivity index (χ4n) is 1.71. The van der Waals surface area contributed by atoms with E-state index in [1.54, 1.807) is 0 Å². The Kier molecular flexibility index (Phi) is 4.09. The largest absolute Gasteiger partial charge is 0.490 e. The molecule has 1 aromatic carbocycles. The summed E-state index contributed by atoms with van der Waals surface area (Å²) < 4.78 is 11.2. The van der Waals surface area contributed by atoms with E-state index in [0.717, 1.165) is 23.5 Å². The van der Waals surface area contributed by atoms with Crippen molar-refractivity contribution in [2.75, 3.05) is 19.8 Å². The van der Waals surface area contributed by atoms with Gasteiger partial charge in [-0.15, -0.1) is 0 Å². The molecule has 100 valence electrons. The third kappa shape index (κ3) is 3.37. The van der Waals surface area contributed by atoms with Crippen LogP contribution in [0.15, 0.2) is 18.2 Å². The maximum absolute atomic E-state index is 9.19. The highest BCUT2D eigenvalue weighted by atomic mass is 16.5. The molecule has 1 heterocycles. The van der Waals surface area contributed by atoms with Gasteiger partial charge in [-0.3, -0.25) is 0 Å². The molecule has 0 spiro atoms. The first-order valence-electron chi connectivity index (χ1n) is 6.35. The molecule has 0 fully saturated rings. The highest BCUT2D eigenvalue weighted by molar-refractivity contribution is 5.43. The first-order chi connectivity index (χ1) is 8.61. The quantitative estimate of drug-likeness (QED) is 0.855. The summed E-state index contributed by atoms with van der Waals surface area (Å²) in [6, 6.07) is 5.97. The third-order valence-corrected chi connectivity index (χ3v) is 2.98. The number of hydrogen-bond donors (Lipinski definition) is 2. The van der Waals surface area contributed by atoms with E-state index in [0.29, 0.717) is 19.8 Å². The Morgan fingerprint density at radius 3 is 2.67 bits per heavy atom. The molecule has 0 radical (unpaired) electrons. The average Bonchev–Trinajstić information content (AvgIpc) is 2.61. The summed E-state index contributed by atoms with van der Waals surface area (Å²) in [6.07, 6.45) is 0.916. The first kappa shape index (κ1) is 13.2. The Labute approximate surface area is 108 Å². The molecule has 4 nitrogen and oxygen atoms in total. The minimum Gasteiger partial charge on any atom is -0.490 e. The van der Waals surface area contributed by atoms with E-state index in [-0.39, 0.29) is 12.1 Å². The van der Waals surface area contributed by atoms with Crippen LogP contribution in [0.25, 0.3) is 0 Å². The normalized spacial score (nSPS) is 15.3. The van der Waals surface area contributed by atoms with Gasteiger partial charge >= 0.3 is 0 Å². The van der Waals surface area contributed by atoms with E-state index < -0.39 is 0 Å². The van der Waals surface area contributed by atoms with Crippen molar-refractivity contribution in [1.29, 1.82) is 0 Å². The zero-order valence-electron chi connectivity index (χ0n) is 11.0. The highest BCUT2D eigenvalue weighted by Gasteiger charge is 2.16. The Hall–Kier alpha value is -1.26. The number of hydrogen-bond acceptors (Lipinski definition) is 4. The zero-order valence-corrected chi connectivity index (χ0v) is 11.0. The number of fused-ring (bicyclic) bond motifs is 1. The molecule has 4 heteroatoms. The van der Waals surface area contributed by atoms with Crippen LogP contribution >= 0.6 is 0 Å².